The standard InChI is InChI=1S/C21H25N3O6S.C16H36N/c1-11(9-15(26)30-4)22-13-8-6-5-7-12(13)10-14(25)23-16-18(27)24-17(20(28)29)21(2,3)31-19(16)24;1-5-9-13-17(14-10-6-2,15-11-7-3)16-12-8-4/h5-9,16-17,19,22H,10H2,1-4H3,(H,23,25)(H,28,29);5-16H2,1-4H3/q;+1/p-1/b11-9+;/t16?,17-,19+;/m0./s1. The minimum atomic E-state index is -1.30. The topological polar surface area (TPSA) is 128 Å². The van der Waals surface area contributed by atoms with Gasteiger partial charge in [0, 0.05) is 22.2 Å². The van der Waals surface area contributed by atoms with Crippen molar-refractivity contribution in [3.05, 3.63) is 41.6 Å². The molecule has 2 aliphatic rings. The number of nitrogens with one attached hydrogen (secondary N) is 2. The van der Waals surface area contributed by atoms with E-state index in [2.05, 4.69) is 43.1 Å². The predicted molar refractivity (Wildman–Crippen MR) is 192 cm³/mol. The Kier molecular flexibility index (Phi) is 17.0. The van der Waals surface area contributed by atoms with E-state index >= 15 is 0 Å². The van der Waals surface area contributed by atoms with E-state index in [0.29, 0.717) is 16.9 Å². The molecule has 2 saturated heterocycles. The summed E-state index contributed by atoms with van der Waals surface area (Å²) < 4.78 is 5.31. The molecular formula is C37H60N4O6S. The van der Waals surface area contributed by atoms with E-state index in [1.165, 1.54) is 112 Å². The monoisotopic (exact) mass is 688 g/mol. The van der Waals surface area contributed by atoms with Gasteiger partial charge in [-0.1, -0.05) is 71.6 Å². The Bertz CT molecular complexity index is 1210. The molecule has 0 saturated carbocycles. The number of carbonyl (C=O) groups is 4. The number of esters is 1. The lowest BCUT2D eigenvalue weighted by molar-refractivity contribution is -0.929. The van der Waals surface area contributed by atoms with Gasteiger partial charge in [-0.2, -0.15) is 0 Å². The molecule has 11 heteroatoms. The van der Waals surface area contributed by atoms with E-state index in [0.717, 1.165) is 0 Å². The molecule has 0 spiro atoms. The van der Waals surface area contributed by atoms with Gasteiger partial charge in [-0.05, 0) is 58.1 Å². The maximum atomic E-state index is 12.7. The van der Waals surface area contributed by atoms with Crippen LogP contribution in [0.5, 0.6) is 0 Å². The number of thioether (sulfide) groups is 1. The first-order valence-corrected chi connectivity index (χ1v) is 18.6. The lowest BCUT2D eigenvalue weighted by Gasteiger charge is -2.45. The number of β-lactam (4-membered cyclic amide) rings is 1. The minimum Gasteiger partial charge on any atom is -0.548 e. The van der Waals surface area contributed by atoms with Crippen LogP contribution in [0.3, 0.4) is 0 Å². The number of aliphatic carboxylic acids is 1. The van der Waals surface area contributed by atoms with Gasteiger partial charge in [-0.3, -0.25) is 9.59 Å². The smallest absolute Gasteiger partial charge is 0.332 e. The van der Waals surface area contributed by atoms with Crippen molar-refractivity contribution in [1.29, 1.82) is 0 Å². The Morgan fingerprint density at radius 3 is 1.96 bits per heavy atom. The van der Waals surface area contributed by atoms with E-state index < -0.39 is 40.1 Å². The van der Waals surface area contributed by atoms with Crippen molar-refractivity contribution in [2.45, 2.75) is 128 Å². The summed E-state index contributed by atoms with van der Waals surface area (Å²) in [5.74, 6) is -2.58. The zero-order chi connectivity index (χ0) is 35.9. The molecule has 1 aromatic rings. The summed E-state index contributed by atoms with van der Waals surface area (Å²) in [6, 6.07) is 5.30. The van der Waals surface area contributed by atoms with Crippen LogP contribution in [0.2, 0.25) is 0 Å². The molecule has 48 heavy (non-hydrogen) atoms. The summed E-state index contributed by atoms with van der Waals surface area (Å²) in [5, 5.41) is 16.8. The number of carboxylic acid groups (broad SMARTS) is 1. The van der Waals surface area contributed by atoms with Crippen LogP contribution in [0.4, 0.5) is 5.69 Å². The molecule has 0 radical (unpaired) electrons. The first kappa shape index (κ1) is 41.1. The van der Waals surface area contributed by atoms with Crippen molar-refractivity contribution in [3.8, 4) is 0 Å². The molecule has 2 fully saturated rings. The van der Waals surface area contributed by atoms with Crippen LogP contribution in [0.25, 0.3) is 0 Å². The summed E-state index contributed by atoms with van der Waals surface area (Å²) in [7, 11) is 1.28. The van der Waals surface area contributed by atoms with E-state index in [9.17, 15) is 24.3 Å². The predicted octanol–water partition coefficient (Wildman–Crippen LogP) is 5.02. The van der Waals surface area contributed by atoms with E-state index in [4.69, 9.17) is 0 Å². The van der Waals surface area contributed by atoms with Crippen LogP contribution < -0.4 is 15.7 Å². The van der Waals surface area contributed by atoms with Crippen molar-refractivity contribution in [1.82, 2.24) is 10.2 Å². The number of carboxylic acids is 1. The van der Waals surface area contributed by atoms with Crippen LogP contribution in [0.1, 0.15) is 105 Å². The van der Waals surface area contributed by atoms with Gasteiger partial charge in [-0.25, -0.2) is 4.79 Å². The highest BCUT2D eigenvalue weighted by Crippen LogP contribution is 2.50. The zero-order valence-electron chi connectivity index (χ0n) is 30.6. The Balaban J connectivity index is 0.000000401. The van der Waals surface area contributed by atoms with Crippen LogP contribution >= 0.6 is 11.8 Å². The molecule has 270 valence electrons. The molecule has 0 aromatic heterocycles. The molecule has 2 N–H and O–H groups in total. The molecule has 1 aromatic carbocycles. The second kappa shape index (κ2) is 19.8. The summed E-state index contributed by atoms with van der Waals surface area (Å²) in [4.78, 5) is 49.3. The number of rotatable bonds is 19. The Labute approximate surface area is 293 Å². The number of amides is 2. The fourth-order valence-electron chi connectivity index (χ4n) is 6.45. The van der Waals surface area contributed by atoms with Crippen molar-refractivity contribution in [3.63, 3.8) is 0 Å². The second-order valence-corrected chi connectivity index (χ2v) is 15.4. The Morgan fingerprint density at radius 1 is 0.958 bits per heavy atom. The Hall–Kier alpha value is -3.05. The fraction of sp³-hybridized carbons (Fsp3) is 0.676. The SMILES string of the molecule is CCCC[N+](CCCC)(CCCC)CCCC.COC(=O)/C=C(\C)Nc1ccccc1CC(=O)NC1C(=O)N2[C@@H]1SC(C)(C)[C@@H]2C(=O)[O-]. The molecule has 0 aliphatic carbocycles. The third-order valence-electron chi connectivity index (χ3n) is 9.16. The molecule has 10 nitrogen and oxygen atoms in total. The summed E-state index contributed by atoms with van der Waals surface area (Å²) >= 11 is 1.34. The van der Waals surface area contributed by atoms with E-state index in [-0.39, 0.29) is 12.3 Å². The normalized spacial score (nSPS) is 19.8. The highest BCUT2D eigenvalue weighted by molar-refractivity contribution is 8.01. The summed E-state index contributed by atoms with van der Waals surface area (Å²) in [6.45, 7) is 20.2. The number of unbranched alkanes of at least 4 members (excludes halogenated alkanes) is 4. The number of allylic oxidation sites excluding steroid dienone is 1. The quantitative estimate of drug-likeness (QED) is 0.0899. The highest BCUT2D eigenvalue weighted by Gasteiger charge is 2.62. The number of benzene rings is 1. The van der Waals surface area contributed by atoms with Crippen LogP contribution in [-0.4, -0.2) is 88.6 Å². The Morgan fingerprint density at radius 2 is 1.48 bits per heavy atom. The maximum Gasteiger partial charge on any atom is 0.332 e. The number of ether oxygens (including phenoxy) is 1. The van der Waals surface area contributed by atoms with Gasteiger partial charge < -0.3 is 34.7 Å². The number of methoxy groups -OCH3 is 1. The lowest BCUT2D eigenvalue weighted by Crippen LogP contribution is -2.71. The number of nitrogens with zero attached hydrogens (tertiary/aromatic N) is 2. The van der Waals surface area contributed by atoms with Crippen molar-refractivity contribution in [2.75, 3.05) is 38.6 Å². The van der Waals surface area contributed by atoms with Crippen LogP contribution in [0, 0.1) is 0 Å². The van der Waals surface area contributed by atoms with Gasteiger partial charge >= 0.3 is 5.97 Å². The second-order valence-electron chi connectivity index (χ2n) is 13.6. The van der Waals surface area contributed by atoms with Gasteiger partial charge in [0.25, 0.3) is 0 Å². The van der Waals surface area contributed by atoms with Crippen molar-refractivity contribution >= 4 is 41.2 Å². The number of para-hydroxylation sites is 1. The summed E-state index contributed by atoms with van der Waals surface area (Å²) in [5.41, 5.74) is 1.86. The highest BCUT2D eigenvalue weighted by atomic mass is 32.2. The molecule has 1 unspecified atom stereocenters. The largest absolute Gasteiger partial charge is 0.548 e. The third-order valence-corrected chi connectivity index (χ3v) is 10.7. The molecule has 3 rings (SSSR count). The van der Waals surface area contributed by atoms with Crippen molar-refractivity contribution in [2.24, 2.45) is 0 Å². The zero-order valence-corrected chi connectivity index (χ0v) is 31.4. The van der Waals surface area contributed by atoms with Gasteiger partial charge in [0.05, 0.1) is 51.7 Å². The molecule has 3 atom stereocenters. The van der Waals surface area contributed by atoms with E-state index in [1.807, 2.05) is 0 Å². The maximum absolute atomic E-state index is 12.7. The molecule has 0 bridgehead atoms. The van der Waals surface area contributed by atoms with Gasteiger partial charge in [0.15, 0.2) is 0 Å². The number of anilines is 1. The van der Waals surface area contributed by atoms with Crippen molar-refractivity contribution < 1.29 is 33.5 Å². The van der Waals surface area contributed by atoms with Crippen LogP contribution in [0.15, 0.2) is 36.0 Å². The fourth-order valence-corrected chi connectivity index (χ4v) is 8.07. The molecule has 2 aliphatic heterocycles. The molecule has 2 amide bonds. The number of carbonyl (C=O) groups excluding carboxylic acids is 4. The summed E-state index contributed by atoms with van der Waals surface area (Å²) in [6.07, 6.45) is 12.4. The first-order valence-electron chi connectivity index (χ1n) is 17.8. The molecular weight excluding hydrogens is 628 g/mol. The lowest BCUT2D eigenvalue weighted by atomic mass is 9.96. The number of fused-ring (bicyclic) bond motifs is 1. The van der Waals surface area contributed by atoms with Gasteiger partial charge in [0.1, 0.15) is 11.4 Å². The average Bonchev–Trinajstić information content (AvgIpc) is 3.31. The molecule has 2 heterocycles. The van der Waals surface area contributed by atoms with Crippen LogP contribution in [-0.2, 0) is 30.3 Å². The van der Waals surface area contributed by atoms with Gasteiger partial charge in [0.2, 0.25) is 11.8 Å². The van der Waals surface area contributed by atoms with E-state index in [1.54, 1.807) is 45.0 Å². The van der Waals surface area contributed by atoms with Gasteiger partial charge in [-0.15, -0.1) is 11.8 Å². The number of quaternary nitrogens is 1. The number of hydrogen-bond acceptors (Lipinski definition) is 8. The first-order chi connectivity index (χ1) is 22.8. The average molecular weight is 689 g/mol. The minimum absolute atomic E-state index is 0.00313. The number of hydrogen-bond donors (Lipinski definition) is 2. The third kappa shape index (κ3) is 11.5.